The fourth-order valence-electron chi connectivity index (χ4n) is 3.24. The van der Waals surface area contributed by atoms with Crippen molar-refractivity contribution in [1.82, 2.24) is 4.90 Å². The van der Waals surface area contributed by atoms with Crippen molar-refractivity contribution in [1.29, 1.82) is 0 Å². The van der Waals surface area contributed by atoms with E-state index in [1.807, 2.05) is 4.90 Å². The minimum Gasteiger partial charge on any atom is -0.495 e. The van der Waals surface area contributed by atoms with E-state index < -0.39 is 0 Å². The third-order valence-corrected chi connectivity index (χ3v) is 4.26. The largest absolute Gasteiger partial charge is 0.495 e. The summed E-state index contributed by atoms with van der Waals surface area (Å²) in [4.78, 5) is 14.7. The standard InChI is InChI=1S/C15H20N2O3/c1-19-13-7-2-4-10(14(13)16)15(18)17-8-9-20-12-6-3-5-11(12)17/h2,4,7,11-12H,3,5-6,8-9,16H2,1H3. The van der Waals surface area contributed by atoms with Gasteiger partial charge in [-0.3, -0.25) is 4.79 Å². The molecule has 1 aromatic carbocycles. The lowest BCUT2D eigenvalue weighted by Crippen LogP contribution is -2.51. The van der Waals surface area contributed by atoms with Crippen LogP contribution >= 0.6 is 0 Å². The first-order chi connectivity index (χ1) is 9.72. The maximum atomic E-state index is 12.8. The van der Waals surface area contributed by atoms with Gasteiger partial charge in [-0.1, -0.05) is 6.07 Å². The summed E-state index contributed by atoms with van der Waals surface area (Å²) < 4.78 is 10.9. The summed E-state index contributed by atoms with van der Waals surface area (Å²) in [5.74, 6) is 0.536. The summed E-state index contributed by atoms with van der Waals surface area (Å²) in [6.45, 7) is 1.24. The van der Waals surface area contributed by atoms with Crippen LogP contribution in [-0.4, -0.2) is 43.2 Å². The van der Waals surface area contributed by atoms with Gasteiger partial charge in [-0.25, -0.2) is 0 Å². The molecule has 108 valence electrons. The molecular formula is C15H20N2O3. The summed E-state index contributed by atoms with van der Waals surface area (Å²) in [6.07, 6.45) is 3.37. The van der Waals surface area contributed by atoms with E-state index in [0.29, 0.717) is 30.2 Å². The van der Waals surface area contributed by atoms with E-state index in [0.717, 1.165) is 19.3 Å². The van der Waals surface area contributed by atoms with Crippen LogP contribution in [0.4, 0.5) is 5.69 Å². The first-order valence-corrected chi connectivity index (χ1v) is 7.07. The highest BCUT2D eigenvalue weighted by Crippen LogP contribution is 2.32. The summed E-state index contributed by atoms with van der Waals surface area (Å²) in [5, 5.41) is 0. The zero-order valence-corrected chi connectivity index (χ0v) is 11.7. The highest BCUT2D eigenvalue weighted by atomic mass is 16.5. The van der Waals surface area contributed by atoms with Gasteiger partial charge in [-0.2, -0.15) is 0 Å². The van der Waals surface area contributed by atoms with Crippen molar-refractivity contribution < 1.29 is 14.3 Å². The molecule has 1 aromatic rings. The molecule has 2 atom stereocenters. The fraction of sp³-hybridized carbons (Fsp3) is 0.533. The van der Waals surface area contributed by atoms with Gasteiger partial charge >= 0.3 is 0 Å². The Hall–Kier alpha value is -1.75. The number of hydrogen-bond donors (Lipinski definition) is 1. The summed E-state index contributed by atoms with van der Waals surface area (Å²) >= 11 is 0. The Morgan fingerprint density at radius 1 is 1.45 bits per heavy atom. The number of carbonyl (C=O) groups is 1. The van der Waals surface area contributed by atoms with E-state index in [2.05, 4.69) is 0 Å². The number of nitrogens with zero attached hydrogens (tertiary/aromatic N) is 1. The van der Waals surface area contributed by atoms with Crippen LogP contribution in [0.1, 0.15) is 29.6 Å². The maximum Gasteiger partial charge on any atom is 0.256 e. The molecule has 1 amide bonds. The molecule has 1 saturated carbocycles. The lowest BCUT2D eigenvalue weighted by Gasteiger charge is -2.38. The van der Waals surface area contributed by atoms with Crippen LogP contribution in [0.3, 0.4) is 0 Å². The van der Waals surface area contributed by atoms with Gasteiger partial charge < -0.3 is 20.1 Å². The average molecular weight is 276 g/mol. The molecule has 1 aliphatic heterocycles. The molecule has 0 aromatic heterocycles. The van der Waals surface area contributed by atoms with Gasteiger partial charge in [-0.15, -0.1) is 0 Å². The van der Waals surface area contributed by atoms with Gasteiger partial charge in [-0.05, 0) is 31.4 Å². The molecule has 5 nitrogen and oxygen atoms in total. The van der Waals surface area contributed by atoms with Gasteiger partial charge in [0, 0.05) is 6.54 Å². The van der Waals surface area contributed by atoms with Gasteiger partial charge in [0.15, 0.2) is 0 Å². The summed E-state index contributed by atoms with van der Waals surface area (Å²) in [7, 11) is 1.56. The third-order valence-electron chi connectivity index (χ3n) is 4.26. The Morgan fingerprint density at radius 3 is 3.10 bits per heavy atom. The molecule has 1 aliphatic carbocycles. The van der Waals surface area contributed by atoms with E-state index in [-0.39, 0.29) is 18.1 Å². The molecule has 20 heavy (non-hydrogen) atoms. The average Bonchev–Trinajstić information content (AvgIpc) is 2.95. The second-order valence-electron chi connectivity index (χ2n) is 5.33. The first-order valence-electron chi connectivity index (χ1n) is 7.07. The van der Waals surface area contributed by atoms with Crippen LogP contribution in [0, 0.1) is 0 Å². The molecule has 1 heterocycles. The number of para-hydroxylation sites is 1. The van der Waals surface area contributed by atoms with Crippen molar-refractivity contribution in [2.45, 2.75) is 31.4 Å². The predicted molar refractivity (Wildman–Crippen MR) is 75.8 cm³/mol. The quantitative estimate of drug-likeness (QED) is 0.835. The highest BCUT2D eigenvalue weighted by Gasteiger charge is 2.39. The number of nitrogens with two attached hydrogens (primary N) is 1. The number of anilines is 1. The number of carbonyl (C=O) groups excluding carboxylic acids is 1. The van der Waals surface area contributed by atoms with Gasteiger partial charge in [0.05, 0.1) is 37.1 Å². The number of rotatable bonds is 2. The normalized spacial score (nSPS) is 25.4. The van der Waals surface area contributed by atoms with E-state index in [9.17, 15) is 4.79 Å². The zero-order chi connectivity index (χ0) is 14.1. The smallest absolute Gasteiger partial charge is 0.256 e. The Bertz CT molecular complexity index is 518. The number of morpholine rings is 1. The minimum atomic E-state index is -0.0124. The topological polar surface area (TPSA) is 64.8 Å². The molecule has 0 spiro atoms. The molecule has 2 unspecified atom stereocenters. The second-order valence-corrected chi connectivity index (χ2v) is 5.33. The van der Waals surface area contributed by atoms with Crippen LogP contribution in [0.15, 0.2) is 18.2 Å². The van der Waals surface area contributed by atoms with E-state index in [1.54, 1.807) is 25.3 Å². The molecule has 1 saturated heterocycles. The molecule has 2 aliphatic rings. The first kappa shape index (κ1) is 13.2. The molecule has 2 N–H and O–H groups in total. The van der Waals surface area contributed by atoms with Crippen LogP contribution < -0.4 is 10.5 Å². The number of methoxy groups -OCH3 is 1. The van der Waals surface area contributed by atoms with Crippen LogP contribution in [0.2, 0.25) is 0 Å². The Morgan fingerprint density at radius 2 is 2.30 bits per heavy atom. The number of ether oxygens (including phenoxy) is 2. The highest BCUT2D eigenvalue weighted by molar-refractivity contribution is 6.00. The van der Waals surface area contributed by atoms with Crippen molar-refractivity contribution in [3.63, 3.8) is 0 Å². The van der Waals surface area contributed by atoms with Crippen LogP contribution in [0.25, 0.3) is 0 Å². The zero-order valence-electron chi connectivity index (χ0n) is 11.7. The Kier molecular flexibility index (Phi) is 3.53. The lowest BCUT2D eigenvalue weighted by atomic mass is 10.1. The molecule has 2 fully saturated rings. The van der Waals surface area contributed by atoms with E-state index in [4.69, 9.17) is 15.2 Å². The van der Waals surface area contributed by atoms with Crippen molar-refractivity contribution in [3.8, 4) is 5.75 Å². The van der Waals surface area contributed by atoms with Crippen molar-refractivity contribution in [3.05, 3.63) is 23.8 Å². The van der Waals surface area contributed by atoms with Gasteiger partial charge in [0.1, 0.15) is 5.75 Å². The number of hydrogen-bond acceptors (Lipinski definition) is 4. The SMILES string of the molecule is COc1cccc(C(=O)N2CCOC3CCCC32)c1N. The third kappa shape index (κ3) is 2.12. The molecule has 0 radical (unpaired) electrons. The second kappa shape index (κ2) is 5.32. The minimum absolute atomic E-state index is 0.0124. The van der Waals surface area contributed by atoms with Crippen molar-refractivity contribution in [2.24, 2.45) is 0 Å². The maximum absolute atomic E-state index is 12.8. The van der Waals surface area contributed by atoms with Gasteiger partial charge in [0.2, 0.25) is 0 Å². The van der Waals surface area contributed by atoms with Gasteiger partial charge in [0.25, 0.3) is 5.91 Å². The lowest BCUT2D eigenvalue weighted by molar-refractivity contribution is -0.0445. The monoisotopic (exact) mass is 276 g/mol. The summed E-state index contributed by atoms with van der Waals surface area (Å²) in [5.41, 5.74) is 6.98. The van der Waals surface area contributed by atoms with E-state index in [1.165, 1.54) is 0 Å². The number of amides is 1. The Balaban J connectivity index is 1.88. The molecule has 3 rings (SSSR count). The van der Waals surface area contributed by atoms with Crippen molar-refractivity contribution >= 4 is 11.6 Å². The fourth-order valence-corrected chi connectivity index (χ4v) is 3.24. The number of nitrogen functional groups attached to an aromatic ring is 1. The van der Waals surface area contributed by atoms with Crippen LogP contribution in [0.5, 0.6) is 5.75 Å². The number of fused-ring (bicyclic) bond motifs is 1. The molecule has 0 bridgehead atoms. The molecule has 5 heteroatoms. The number of benzene rings is 1. The summed E-state index contributed by atoms with van der Waals surface area (Å²) in [6, 6.07) is 5.53. The Labute approximate surface area is 118 Å². The molecular weight excluding hydrogens is 256 g/mol. The van der Waals surface area contributed by atoms with Crippen molar-refractivity contribution in [2.75, 3.05) is 26.0 Å². The van der Waals surface area contributed by atoms with E-state index >= 15 is 0 Å². The predicted octanol–water partition coefficient (Wildman–Crippen LogP) is 1.67. The van der Waals surface area contributed by atoms with Crippen LogP contribution in [-0.2, 0) is 4.74 Å².